The van der Waals surface area contributed by atoms with E-state index in [4.69, 9.17) is 0 Å². The summed E-state index contributed by atoms with van der Waals surface area (Å²) in [6.07, 6.45) is 3.32. The third-order valence-corrected chi connectivity index (χ3v) is 2.84. The molecule has 0 bridgehead atoms. The first-order valence-electron chi connectivity index (χ1n) is 3.64. The lowest BCUT2D eigenvalue weighted by Gasteiger charge is -2.28. The molecule has 1 aliphatic carbocycles. The Bertz CT molecular complexity index is 94.9. The van der Waals surface area contributed by atoms with Crippen molar-refractivity contribution in [3.63, 3.8) is 0 Å². The molecule has 1 fully saturated rings. The topological polar surface area (TPSA) is 20.2 Å². The Hall–Kier alpha value is 0.390. The van der Waals surface area contributed by atoms with Crippen LogP contribution in [0, 0.1) is 5.92 Å². The summed E-state index contributed by atoms with van der Waals surface area (Å²) in [5.41, 5.74) is 0.453. The Morgan fingerprint density at radius 2 is 2.11 bits per heavy atom. The van der Waals surface area contributed by atoms with Crippen molar-refractivity contribution in [2.45, 2.75) is 37.9 Å². The smallest absolute Gasteiger partial charge is 0.0602 e. The van der Waals surface area contributed by atoms with Crippen LogP contribution in [0.25, 0.3) is 0 Å². The summed E-state index contributed by atoms with van der Waals surface area (Å²) in [5.74, 6) is 0.816. The van der Waals surface area contributed by atoms with Crippen molar-refractivity contribution < 1.29 is 5.11 Å². The van der Waals surface area contributed by atoms with Gasteiger partial charge in [0.15, 0.2) is 0 Å². The van der Waals surface area contributed by atoms with Crippen LogP contribution >= 0.6 is 9.24 Å². The number of aliphatic hydroxyl groups is 1. The van der Waals surface area contributed by atoms with Gasteiger partial charge in [0.25, 0.3) is 0 Å². The van der Waals surface area contributed by atoms with Gasteiger partial charge in [-0.15, -0.1) is 9.24 Å². The molecule has 54 valence electrons. The number of rotatable bonds is 0. The zero-order valence-electron chi connectivity index (χ0n) is 5.88. The van der Waals surface area contributed by atoms with Crippen LogP contribution in [0.5, 0.6) is 0 Å². The predicted octanol–water partition coefficient (Wildman–Crippen LogP) is 1.41. The van der Waals surface area contributed by atoms with E-state index in [1.54, 1.807) is 0 Å². The molecular weight excluding hydrogens is 131 g/mol. The largest absolute Gasteiger partial charge is 0.392 e. The minimum atomic E-state index is -0.0498. The van der Waals surface area contributed by atoms with Gasteiger partial charge in [-0.25, -0.2) is 0 Å². The fourth-order valence-corrected chi connectivity index (χ4v) is 2.07. The van der Waals surface area contributed by atoms with Gasteiger partial charge in [-0.2, -0.15) is 0 Å². The van der Waals surface area contributed by atoms with Crippen LogP contribution in [-0.4, -0.2) is 16.9 Å². The first-order chi connectivity index (χ1) is 4.20. The molecule has 0 aromatic carbocycles. The summed E-state index contributed by atoms with van der Waals surface area (Å²) < 4.78 is 0. The Morgan fingerprint density at radius 3 is 2.56 bits per heavy atom. The van der Waals surface area contributed by atoms with Crippen LogP contribution < -0.4 is 0 Å². The fraction of sp³-hybridized carbons (Fsp3) is 1.00. The molecule has 4 atom stereocenters. The average Bonchev–Trinajstić information content (AvgIpc) is 1.80. The summed E-state index contributed by atoms with van der Waals surface area (Å²) in [7, 11) is 2.72. The van der Waals surface area contributed by atoms with E-state index in [-0.39, 0.29) is 6.10 Å². The van der Waals surface area contributed by atoms with Gasteiger partial charge in [0.1, 0.15) is 0 Å². The lowest BCUT2D eigenvalue weighted by molar-refractivity contribution is 0.119. The second kappa shape index (κ2) is 2.98. The van der Waals surface area contributed by atoms with Crippen LogP contribution in [0.4, 0.5) is 0 Å². The Labute approximate surface area is 59.0 Å². The lowest BCUT2D eigenvalue weighted by Crippen LogP contribution is -2.27. The molecule has 1 rings (SSSR count). The summed E-state index contributed by atoms with van der Waals surface area (Å²) in [4.78, 5) is 0. The van der Waals surface area contributed by atoms with Crippen molar-refractivity contribution in [3.8, 4) is 0 Å². The van der Waals surface area contributed by atoms with Crippen molar-refractivity contribution in [2.75, 3.05) is 0 Å². The SMILES string of the molecule is CC1CCC(O)C(P)C1. The molecule has 1 saturated carbocycles. The number of aliphatic hydroxyl groups excluding tert-OH is 1. The molecule has 0 saturated heterocycles. The van der Waals surface area contributed by atoms with Gasteiger partial charge in [0.05, 0.1) is 6.10 Å². The predicted molar refractivity (Wildman–Crippen MR) is 42.5 cm³/mol. The molecule has 2 heteroatoms. The van der Waals surface area contributed by atoms with E-state index in [2.05, 4.69) is 16.2 Å². The van der Waals surface area contributed by atoms with Crippen molar-refractivity contribution in [1.82, 2.24) is 0 Å². The second-order valence-electron chi connectivity index (χ2n) is 3.15. The molecule has 0 heterocycles. The van der Waals surface area contributed by atoms with Crippen molar-refractivity contribution >= 4 is 9.24 Å². The first-order valence-corrected chi connectivity index (χ1v) is 4.30. The monoisotopic (exact) mass is 146 g/mol. The minimum absolute atomic E-state index is 0.0498. The van der Waals surface area contributed by atoms with Crippen LogP contribution in [0.1, 0.15) is 26.2 Å². The van der Waals surface area contributed by atoms with Crippen molar-refractivity contribution in [2.24, 2.45) is 5.92 Å². The van der Waals surface area contributed by atoms with Crippen LogP contribution in [-0.2, 0) is 0 Å². The molecule has 0 aromatic heterocycles. The first kappa shape index (κ1) is 7.50. The van der Waals surface area contributed by atoms with Gasteiger partial charge < -0.3 is 5.11 Å². The molecule has 4 unspecified atom stereocenters. The van der Waals surface area contributed by atoms with E-state index in [1.165, 1.54) is 12.8 Å². The van der Waals surface area contributed by atoms with E-state index in [0.29, 0.717) is 5.66 Å². The molecule has 0 spiro atoms. The van der Waals surface area contributed by atoms with Crippen molar-refractivity contribution in [3.05, 3.63) is 0 Å². The van der Waals surface area contributed by atoms with E-state index in [0.717, 1.165) is 12.3 Å². The summed E-state index contributed by atoms with van der Waals surface area (Å²) >= 11 is 0. The highest BCUT2D eigenvalue weighted by Crippen LogP contribution is 2.28. The maximum Gasteiger partial charge on any atom is 0.0602 e. The van der Waals surface area contributed by atoms with Gasteiger partial charge in [-0.1, -0.05) is 6.92 Å². The quantitative estimate of drug-likeness (QED) is 0.512. The summed E-state index contributed by atoms with van der Waals surface area (Å²) in [6.45, 7) is 2.25. The zero-order valence-corrected chi connectivity index (χ0v) is 7.03. The summed E-state index contributed by atoms with van der Waals surface area (Å²) in [6, 6.07) is 0. The van der Waals surface area contributed by atoms with Crippen LogP contribution in [0.3, 0.4) is 0 Å². The molecule has 0 radical (unpaired) electrons. The van der Waals surface area contributed by atoms with E-state index in [9.17, 15) is 5.11 Å². The third kappa shape index (κ3) is 1.91. The molecule has 9 heavy (non-hydrogen) atoms. The highest BCUT2D eigenvalue weighted by Gasteiger charge is 2.22. The van der Waals surface area contributed by atoms with E-state index >= 15 is 0 Å². The molecule has 1 nitrogen and oxygen atoms in total. The van der Waals surface area contributed by atoms with Gasteiger partial charge in [-0.05, 0) is 30.8 Å². The maximum atomic E-state index is 9.27. The lowest BCUT2D eigenvalue weighted by atomic mass is 9.88. The number of hydrogen-bond donors (Lipinski definition) is 1. The molecule has 1 aliphatic rings. The Morgan fingerprint density at radius 1 is 1.44 bits per heavy atom. The maximum absolute atomic E-state index is 9.27. The van der Waals surface area contributed by atoms with Crippen molar-refractivity contribution in [1.29, 1.82) is 0 Å². The average molecular weight is 146 g/mol. The molecule has 1 N–H and O–H groups in total. The summed E-state index contributed by atoms with van der Waals surface area (Å²) in [5, 5.41) is 9.27. The fourth-order valence-electron chi connectivity index (χ4n) is 1.41. The van der Waals surface area contributed by atoms with Gasteiger partial charge >= 0.3 is 0 Å². The molecule has 0 amide bonds. The van der Waals surface area contributed by atoms with Crippen LogP contribution in [0.2, 0.25) is 0 Å². The molecule has 0 aliphatic heterocycles. The Kier molecular flexibility index (Phi) is 2.49. The minimum Gasteiger partial charge on any atom is -0.392 e. The normalized spacial score (nSPS) is 45.0. The standard InChI is InChI=1S/C7H15OP/c1-5-2-3-6(8)7(9)4-5/h5-8H,2-4,9H2,1H3. The third-order valence-electron chi connectivity index (χ3n) is 2.12. The van der Waals surface area contributed by atoms with Gasteiger partial charge in [-0.3, -0.25) is 0 Å². The highest BCUT2D eigenvalue weighted by molar-refractivity contribution is 7.17. The highest BCUT2D eigenvalue weighted by atomic mass is 31.0. The molecule has 0 aromatic rings. The van der Waals surface area contributed by atoms with E-state index in [1.807, 2.05) is 0 Å². The Balaban J connectivity index is 2.35. The second-order valence-corrected chi connectivity index (χ2v) is 4.01. The van der Waals surface area contributed by atoms with Gasteiger partial charge in [0.2, 0.25) is 0 Å². The zero-order chi connectivity index (χ0) is 6.85. The molecular formula is C7H15OP. The van der Waals surface area contributed by atoms with Crippen LogP contribution in [0.15, 0.2) is 0 Å². The van der Waals surface area contributed by atoms with E-state index < -0.39 is 0 Å². The number of hydrogen-bond acceptors (Lipinski definition) is 1. The van der Waals surface area contributed by atoms with Gasteiger partial charge in [0, 0.05) is 0 Å².